The number of aliphatic imine (C=N–C) groups is 1. The van der Waals surface area contributed by atoms with E-state index in [0.29, 0.717) is 25.7 Å². The molecular formula is C27H32IN5O3. The number of nitrogens with zero attached hydrogens (tertiary/aromatic N) is 4. The Morgan fingerprint density at radius 1 is 1.33 bits per heavy atom. The van der Waals surface area contributed by atoms with E-state index in [1.54, 1.807) is 4.57 Å². The van der Waals surface area contributed by atoms with Crippen molar-refractivity contribution in [3.63, 3.8) is 0 Å². The number of fused-ring (bicyclic) bond motifs is 1. The number of piperidine rings is 1. The first-order valence-corrected chi connectivity index (χ1v) is 15.1. The fourth-order valence-electron chi connectivity index (χ4n) is 5.42. The van der Waals surface area contributed by atoms with E-state index in [9.17, 15) is 14.9 Å². The first-order chi connectivity index (χ1) is 17.5. The highest BCUT2D eigenvalue weighted by Crippen LogP contribution is 2.35. The van der Waals surface area contributed by atoms with Crippen molar-refractivity contribution >= 4 is 42.7 Å². The highest BCUT2D eigenvalue weighted by atomic mass is 127. The largest absolute Gasteiger partial charge is 0.381 e. The monoisotopic (exact) mass is 601 g/mol. The smallest absolute Gasteiger partial charge is 0.267 e. The molecule has 1 unspecified atom stereocenters. The van der Waals surface area contributed by atoms with Gasteiger partial charge in [-0.05, 0) is 59.8 Å². The molecule has 2 fully saturated rings. The van der Waals surface area contributed by atoms with Crippen LogP contribution in [0.15, 0.2) is 32.1 Å². The van der Waals surface area contributed by atoms with Crippen LogP contribution in [0.1, 0.15) is 54.2 Å². The molecule has 0 spiro atoms. The van der Waals surface area contributed by atoms with Gasteiger partial charge in [-0.25, -0.2) is 0 Å². The average molecular weight is 601 g/mol. The first-order valence-electron chi connectivity index (χ1n) is 12.7. The normalized spacial score (nSPS) is 23.8. The lowest BCUT2D eigenvalue weighted by Crippen LogP contribution is -2.44. The summed E-state index contributed by atoms with van der Waals surface area (Å²) in [6, 6.07) is 4.41. The summed E-state index contributed by atoms with van der Waals surface area (Å²) in [6.45, 7) is 5.57. The van der Waals surface area contributed by atoms with Crippen LogP contribution in [0.2, 0.25) is 0 Å². The van der Waals surface area contributed by atoms with Gasteiger partial charge in [0.05, 0.1) is 15.9 Å². The Morgan fingerprint density at radius 2 is 2.11 bits per heavy atom. The molecule has 8 nitrogen and oxygen atoms in total. The SMILES string of the molecule is CC1C=Cn2c(c(CN3CCC(C#N)(C4=NC=IC=C4)CC3)cc(C(=O)NC3CCOCC3)c2=O)C1. The average Bonchev–Trinajstić information content (AvgIpc) is 2.91. The second-order valence-corrected chi connectivity index (χ2v) is 12.1. The van der Waals surface area contributed by atoms with Crippen LogP contribution >= 0.6 is 20.7 Å². The van der Waals surface area contributed by atoms with Crippen molar-refractivity contribution in [2.45, 2.75) is 51.6 Å². The van der Waals surface area contributed by atoms with Crippen LogP contribution in [0.25, 0.3) is 6.20 Å². The van der Waals surface area contributed by atoms with Crippen LogP contribution in [0.5, 0.6) is 0 Å². The summed E-state index contributed by atoms with van der Waals surface area (Å²) in [5.41, 5.74) is 2.29. The first kappa shape index (κ1) is 25.2. The maximum absolute atomic E-state index is 13.3. The fraction of sp³-hybridized carbons (Fsp3) is 0.519. The Bertz CT molecular complexity index is 1240. The van der Waals surface area contributed by atoms with E-state index in [-0.39, 0.29) is 43.8 Å². The van der Waals surface area contributed by atoms with Crippen LogP contribution in [-0.2, 0) is 17.7 Å². The molecule has 1 N–H and O–H groups in total. The lowest BCUT2D eigenvalue weighted by molar-refractivity contribution is 0.0695. The van der Waals surface area contributed by atoms with Gasteiger partial charge < -0.3 is 10.1 Å². The second-order valence-electron chi connectivity index (χ2n) is 10.1. The van der Waals surface area contributed by atoms with E-state index in [0.717, 1.165) is 62.2 Å². The van der Waals surface area contributed by atoms with Crippen molar-refractivity contribution in [2.75, 3.05) is 26.3 Å². The Balaban J connectivity index is 1.38. The predicted molar refractivity (Wildman–Crippen MR) is 149 cm³/mol. The second kappa shape index (κ2) is 10.9. The maximum Gasteiger partial charge on any atom is 0.267 e. The minimum absolute atomic E-state index is 0.0306. The highest BCUT2D eigenvalue weighted by Gasteiger charge is 2.39. The summed E-state index contributed by atoms with van der Waals surface area (Å²) >= 11 is -0.119. The topological polar surface area (TPSA) is 99.7 Å². The van der Waals surface area contributed by atoms with E-state index in [4.69, 9.17) is 4.74 Å². The number of ether oxygens (including phenoxy) is 1. The molecule has 0 saturated carbocycles. The van der Waals surface area contributed by atoms with Crippen LogP contribution in [0, 0.1) is 22.7 Å². The Labute approximate surface area is 221 Å². The van der Waals surface area contributed by atoms with E-state index in [2.05, 4.69) is 32.3 Å². The summed E-state index contributed by atoms with van der Waals surface area (Å²) in [5, 5.41) is 13.1. The van der Waals surface area contributed by atoms with Crippen molar-refractivity contribution in [1.29, 1.82) is 5.26 Å². The zero-order valence-corrected chi connectivity index (χ0v) is 22.7. The van der Waals surface area contributed by atoms with Crippen LogP contribution in [0.3, 0.4) is 0 Å². The lowest BCUT2D eigenvalue weighted by atomic mass is 9.75. The number of amides is 1. The molecule has 0 bridgehead atoms. The third-order valence-corrected chi connectivity index (χ3v) is 9.03. The number of carbonyl (C=O) groups excluding carboxylic acids is 1. The predicted octanol–water partition coefficient (Wildman–Crippen LogP) is 3.22. The van der Waals surface area contributed by atoms with Gasteiger partial charge >= 0.3 is 0 Å². The van der Waals surface area contributed by atoms with E-state index in [1.807, 2.05) is 28.6 Å². The van der Waals surface area contributed by atoms with E-state index >= 15 is 0 Å². The number of rotatable bonds is 5. The number of hydrogen-bond donors (Lipinski definition) is 1. The molecule has 2 saturated heterocycles. The van der Waals surface area contributed by atoms with Gasteiger partial charge in [-0.2, -0.15) is 5.26 Å². The number of halogens is 1. The molecule has 5 heterocycles. The molecule has 190 valence electrons. The minimum atomic E-state index is -0.535. The fourth-order valence-corrected chi connectivity index (χ4v) is 6.61. The molecule has 1 atom stereocenters. The number of nitriles is 1. The van der Waals surface area contributed by atoms with Crippen molar-refractivity contribution in [3.8, 4) is 6.07 Å². The van der Waals surface area contributed by atoms with Gasteiger partial charge in [0.1, 0.15) is 11.0 Å². The summed E-state index contributed by atoms with van der Waals surface area (Å²) in [4.78, 5) is 33.4. The van der Waals surface area contributed by atoms with Crippen LogP contribution in [-0.4, -0.2) is 57.6 Å². The number of nitrogens with one attached hydrogen (secondary N) is 1. The van der Waals surface area contributed by atoms with Crippen LogP contribution < -0.4 is 10.9 Å². The van der Waals surface area contributed by atoms with Gasteiger partial charge in [0.15, 0.2) is 0 Å². The third-order valence-electron chi connectivity index (χ3n) is 7.66. The summed E-state index contributed by atoms with van der Waals surface area (Å²) in [7, 11) is 0. The van der Waals surface area contributed by atoms with Crippen molar-refractivity contribution < 1.29 is 9.53 Å². The molecule has 0 aliphatic carbocycles. The molecule has 1 aromatic heterocycles. The summed E-state index contributed by atoms with van der Waals surface area (Å²) in [5.74, 6) is 0.0200. The zero-order chi connectivity index (χ0) is 25.1. The minimum Gasteiger partial charge on any atom is -0.381 e. The molecule has 5 rings (SSSR count). The van der Waals surface area contributed by atoms with Gasteiger partial charge in [-0.15, -0.1) is 0 Å². The van der Waals surface area contributed by atoms with Crippen molar-refractivity contribution in [3.05, 3.63) is 49.5 Å². The Morgan fingerprint density at radius 3 is 2.81 bits per heavy atom. The molecule has 4 aliphatic heterocycles. The molecular weight excluding hydrogens is 569 g/mol. The molecule has 36 heavy (non-hydrogen) atoms. The molecule has 1 amide bonds. The van der Waals surface area contributed by atoms with Gasteiger partial charge in [-0.1, -0.05) is 33.7 Å². The maximum atomic E-state index is 13.3. The number of pyridine rings is 1. The van der Waals surface area contributed by atoms with E-state index in [1.165, 1.54) is 0 Å². The summed E-state index contributed by atoms with van der Waals surface area (Å²) < 4.78 is 11.2. The van der Waals surface area contributed by atoms with Crippen molar-refractivity contribution in [1.82, 2.24) is 14.8 Å². The molecule has 9 heteroatoms. The number of likely N-dealkylation sites (tertiary alicyclic amines) is 1. The Hall–Kier alpha value is -2.42. The lowest BCUT2D eigenvalue weighted by Gasteiger charge is -2.38. The number of hydrogen-bond acceptors (Lipinski definition) is 6. The molecule has 4 aliphatic rings. The summed E-state index contributed by atoms with van der Waals surface area (Å²) in [6.07, 6.45) is 9.63. The molecule has 0 aromatic carbocycles. The van der Waals surface area contributed by atoms with Crippen molar-refractivity contribution in [2.24, 2.45) is 16.3 Å². The van der Waals surface area contributed by atoms with Gasteiger partial charge in [0.2, 0.25) is 0 Å². The van der Waals surface area contributed by atoms with E-state index < -0.39 is 5.41 Å². The Kier molecular flexibility index (Phi) is 7.65. The van der Waals surface area contributed by atoms with Gasteiger partial charge in [0.25, 0.3) is 11.5 Å². The number of aromatic nitrogens is 1. The highest BCUT2D eigenvalue weighted by molar-refractivity contribution is 14.2. The van der Waals surface area contributed by atoms with Crippen LogP contribution in [0.4, 0.5) is 0 Å². The van der Waals surface area contributed by atoms with Gasteiger partial charge in [-0.3, -0.25) is 24.0 Å². The number of allylic oxidation sites excluding steroid dienone is 2. The van der Waals surface area contributed by atoms with Gasteiger partial charge in [0, 0.05) is 50.8 Å². The number of carbonyl (C=O) groups is 1. The molecule has 0 radical (unpaired) electrons. The molecule has 1 aromatic rings. The third kappa shape index (κ3) is 5.17. The quantitative estimate of drug-likeness (QED) is 0.523. The standard InChI is InChI=1S/C27H32IN5O3/c1-19-3-9-33-23(14-19)20(15-22(26(33)35)25(34)31-21-4-12-36-13-5-21)16-32-10-6-27(17-29,7-11-32)24-2-8-28-18-30-24/h2-3,8-9,15,18-19,21H,4-7,10-14,16H2,1H3,(H,31,34). The zero-order valence-electron chi connectivity index (χ0n) is 20.6.